The molecule has 1 atom stereocenters. The number of aromatic nitrogens is 1. The molecule has 0 saturated heterocycles. The molecule has 1 aromatic heterocycles. The first-order valence-corrected chi connectivity index (χ1v) is 5.12. The van der Waals surface area contributed by atoms with Crippen molar-refractivity contribution < 1.29 is 4.74 Å². The summed E-state index contributed by atoms with van der Waals surface area (Å²) < 4.78 is 5.92. The summed E-state index contributed by atoms with van der Waals surface area (Å²) in [7, 11) is 0. The molecule has 0 aromatic carbocycles. The van der Waals surface area contributed by atoms with Crippen molar-refractivity contribution in [3.05, 3.63) is 23.5 Å². The molecule has 2 heterocycles. The topological polar surface area (TPSA) is 48.1 Å². The molecule has 0 amide bonds. The quantitative estimate of drug-likeness (QED) is 0.845. The van der Waals surface area contributed by atoms with E-state index in [4.69, 9.17) is 10.5 Å². The minimum atomic E-state index is 0. The fourth-order valence-corrected chi connectivity index (χ4v) is 2.34. The Balaban J connectivity index is 0.000000640. The van der Waals surface area contributed by atoms with E-state index in [-0.39, 0.29) is 30.4 Å². The highest BCUT2D eigenvalue weighted by Crippen LogP contribution is 2.56. The van der Waals surface area contributed by atoms with Crippen LogP contribution in [0.5, 0.6) is 5.75 Å². The van der Waals surface area contributed by atoms with Crippen molar-refractivity contribution in [2.75, 3.05) is 6.54 Å². The number of fused-ring (bicyclic) bond motifs is 1. The lowest BCUT2D eigenvalue weighted by Crippen LogP contribution is -2.27. The Hall–Kier alpha value is -0.510. The van der Waals surface area contributed by atoms with Crippen molar-refractivity contribution in [1.82, 2.24) is 4.98 Å². The third-order valence-electron chi connectivity index (χ3n) is 3.28. The van der Waals surface area contributed by atoms with Crippen LogP contribution in [0.15, 0.2) is 12.1 Å². The number of pyridine rings is 1. The minimum Gasteiger partial charge on any atom is -0.485 e. The van der Waals surface area contributed by atoms with E-state index in [0.29, 0.717) is 12.5 Å². The fourth-order valence-electron chi connectivity index (χ4n) is 2.34. The van der Waals surface area contributed by atoms with Crippen LogP contribution in [-0.4, -0.2) is 17.1 Å². The highest BCUT2D eigenvalue weighted by Gasteiger charge is 2.57. The van der Waals surface area contributed by atoms with Gasteiger partial charge in [0.1, 0.15) is 11.4 Å². The summed E-state index contributed by atoms with van der Waals surface area (Å²) >= 11 is 0. The van der Waals surface area contributed by atoms with Crippen LogP contribution in [0.2, 0.25) is 0 Å². The van der Waals surface area contributed by atoms with Crippen molar-refractivity contribution in [2.45, 2.75) is 31.3 Å². The summed E-state index contributed by atoms with van der Waals surface area (Å²) in [5.41, 5.74) is 7.94. The molecule has 0 radical (unpaired) electrons. The molecular formula is C11H16Cl2N2O. The molecule has 1 aromatic rings. The average molecular weight is 263 g/mol. The maximum atomic E-state index is 5.92. The molecule has 1 unspecified atom stereocenters. The molecule has 0 bridgehead atoms. The number of rotatable bonds is 1. The van der Waals surface area contributed by atoms with Crippen molar-refractivity contribution >= 4 is 24.8 Å². The van der Waals surface area contributed by atoms with Gasteiger partial charge in [-0.2, -0.15) is 0 Å². The number of hydrogen-bond donors (Lipinski definition) is 1. The molecule has 1 spiro atoms. The first-order valence-electron chi connectivity index (χ1n) is 5.12. The molecular weight excluding hydrogens is 247 g/mol. The predicted molar refractivity (Wildman–Crippen MR) is 67.9 cm³/mol. The summed E-state index contributed by atoms with van der Waals surface area (Å²) in [4.78, 5) is 4.54. The Morgan fingerprint density at radius 2 is 2.12 bits per heavy atom. The summed E-state index contributed by atoms with van der Waals surface area (Å²) in [5, 5.41) is 0. The zero-order chi connectivity index (χ0) is 9.76. The normalized spacial score (nSPS) is 22.8. The third-order valence-corrected chi connectivity index (χ3v) is 3.28. The third kappa shape index (κ3) is 1.77. The van der Waals surface area contributed by atoms with Crippen LogP contribution in [-0.2, 0) is 0 Å². The molecule has 90 valence electrons. The van der Waals surface area contributed by atoms with Crippen molar-refractivity contribution in [3.63, 3.8) is 0 Å². The average Bonchev–Trinajstić information content (AvgIpc) is 2.83. The zero-order valence-corrected chi connectivity index (χ0v) is 10.7. The second-order valence-electron chi connectivity index (χ2n) is 4.29. The van der Waals surface area contributed by atoms with Crippen molar-refractivity contribution in [3.8, 4) is 5.75 Å². The van der Waals surface area contributed by atoms with E-state index in [9.17, 15) is 0 Å². The molecule has 2 N–H and O–H groups in total. The van der Waals surface area contributed by atoms with E-state index in [1.807, 2.05) is 19.1 Å². The smallest absolute Gasteiger partial charge is 0.142 e. The SMILES string of the molecule is Cc1ccc2c(n1)C(CN)C1(CC1)O2.Cl.Cl. The van der Waals surface area contributed by atoms with E-state index in [0.717, 1.165) is 30.0 Å². The first kappa shape index (κ1) is 13.6. The lowest BCUT2D eigenvalue weighted by molar-refractivity contribution is 0.184. The summed E-state index contributed by atoms with van der Waals surface area (Å²) in [6.45, 7) is 2.65. The van der Waals surface area contributed by atoms with Crippen molar-refractivity contribution in [1.29, 1.82) is 0 Å². The van der Waals surface area contributed by atoms with Gasteiger partial charge in [0.05, 0.1) is 11.6 Å². The van der Waals surface area contributed by atoms with Crippen LogP contribution in [0.3, 0.4) is 0 Å². The Bertz CT molecular complexity index is 394. The van der Waals surface area contributed by atoms with E-state index in [1.54, 1.807) is 0 Å². The number of nitrogens with zero attached hydrogens (tertiary/aromatic N) is 1. The van der Waals surface area contributed by atoms with Gasteiger partial charge in [-0.15, -0.1) is 24.8 Å². The van der Waals surface area contributed by atoms with Gasteiger partial charge < -0.3 is 10.5 Å². The van der Waals surface area contributed by atoms with Gasteiger partial charge in [0.25, 0.3) is 0 Å². The van der Waals surface area contributed by atoms with Gasteiger partial charge in [-0.25, -0.2) is 0 Å². The van der Waals surface area contributed by atoms with Crippen LogP contribution in [0.4, 0.5) is 0 Å². The van der Waals surface area contributed by atoms with Gasteiger partial charge in [-0.05, 0) is 31.9 Å². The van der Waals surface area contributed by atoms with Crippen LogP contribution in [0, 0.1) is 6.92 Å². The highest BCUT2D eigenvalue weighted by molar-refractivity contribution is 5.85. The second-order valence-corrected chi connectivity index (χ2v) is 4.29. The van der Waals surface area contributed by atoms with Gasteiger partial charge in [0.2, 0.25) is 0 Å². The molecule has 16 heavy (non-hydrogen) atoms. The second kappa shape index (κ2) is 4.40. The molecule has 1 aliphatic heterocycles. The number of ether oxygens (including phenoxy) is 1. The maximum Gasteiger partial charge on any atom is 0.142 e. The van der Waals surface area contributed by atoms with Gasteiger partial charge in [0, 0.05) is 12.2 Å². The van der Waals surface area contributed by atoms with Crippen LogP contribution >= 0.6 is 24.8 Å². The molecule has 3 nitrogen and oxygen atoms in total. The molecule has 1 saturated carbocycles. The van der Waals surface area contributed by atoms with E-state index in [1.165, 1.54) is 0 Å². The van der Waals surface area contributed by atoms with Gasteiger partial charge >= 0.3 is 0 Å². The van der Waals surface area contributed by atoms with Crippen LogP contribution < -0.4 is 10.5 Å². The molecule has 2 aliphatic rings. The monoisotopic (exact) mass is 262 g/mol. The number of halogens is 2. The van der Waals surface area contributed by atoms with E-state index >= 15 is 0 Å². The number of nitrogens with two attached hydrogens (primary N) is 1. The van der Waals surface area contributed by atoms with Gasteiger partial charge in [-0.1, -0.05) is 0 Å². The number of aryl methyl sites for hydroxylation is 1. The molecule has 1 aliphatic carbocycles. The zero-order valence-electron chi connectivity index (χ0n) is 9.10. The Kier molecular flexibility index (Phi) is 3.72. The Morgan fingerprint density at radius 3 is 2.69 bits per heavy atom. The largest absolute Gasteiger partial charge is 0.485 e. The summed E-state index contributed by atoms with van der Waals surface area (Å²) in [6, 6.07) is 4.02. The fraction of sp³-hybridized carbons (Fsp3) is 0.545. The van der Waals surface area contributed by atoms with Crippen LogP contribution in [0.25, 0.3) is 0 Å². The lowest BCUT2D eigenvalue weighted by atomic mass is 9.98. The lowest BCUT2D eigenvalue weighted by Gasteiger charge is -2.14. The van der Waals surface area contributed by atoms with E-state index < -0.39 is 0 Å². The standard InChI is InChI=1S/C11H14N2O.2ClH/c1-7-2-3-9-10(13-7)8(6-12)11(14-9)4-5-11;;/h2-3,8H,4-6,12H2,1H3;2*1H. The van der Waals surface area contributed by atoms with Crippen molar-refractivity contribution in [2.24, 2.45) is 5.73 Å². The van der Waals surface area contributed by atoms with Crippen LogP contribution in [0.1, 0.15) is 30.1 Å². The summed E-state index contributed by atoms with van der Waals surface area (Å²) in [6.07, 6.45) is 2.26. The Labute approximate surface area is 108 Å². The molecule has 1 fully saturated rings. The first-order chi connectivity index (χ1) is 6.75. The predicted octanol–water partition coefficient (Wildman–Crippen LogP) is 2.20. The molecule has 3 rings (SSSR count). The molecule has 5 heteroatoms. The van der Waals surface area contributed by atoms with E-state index in [2.05, 4.69) is 4.98 Å². The minimum absolute atomic E-state index is 0. The maximum absolute atomic E-state index is 5.92. The van der Waals surface area contributed by atoms with Gasteiger partial charge in [0.15, 0.2) is 0 Å². The number of hydrogen-bond acceptors (Lipinski definition) is 3. The Morgan fingerprint density at radius 1 is 1.44 bits per heavy atom. The van der Waals surface area contributed by atoms with Gasteiger partial charge in [-0.3, -0.25) is 4.98 Å². The highest BCUT2D eigenvalue weighted by atomic mass is 35.5. The summed E-state index contributed by atoms with van der Waals surface area (Å²) in [5.74, 6) is 1.26.